The Balaban J connectivity index is 1.24. The minimum atomic E-state index is -0.253. The van der Waals surface area contributed by atoms with Crippen molar-refractivity contribution < 1.29 is 22.8 Å². The Kier molecular flexibility index (Phi) is 6.11. The fourth-order valence-electron chi connectivity index (χ4n) is 3.64. The first kappa shape index (κ1) is 21.5. The highest BCUT2D eigenvalue weighted by atomic mass is 16.5. The van der Waals surface area contributed by atoms with Crippen LogP contribution in [0.15, 0.2) is 86.2 Å². The van der Waals surface area contributed by atoms with E-state index in [2.05, 4.69) is 16.3 Å². The predicted octanol–water partition coefficient (Wildman–Crippen LogP) is 5.71. The predicted molar refractivity (Wildman–Crippen MR) is 124 cm³/mol. The van der Waals surface area contributed by atoms with Crippen LogP contribution in [0.2, 0.25) is 0 Å². The summed E-state index contributed by atoms with van der Waals surface area (Å²) in [5.74, 6) is 2.35. The summed E-state index contributed by atoms with van der Waals surface area (Å²) in [4.78, 5) is 14.7. The van der Waals surface area contributed by atoms with Crippen molar-refractivity contribution in [3.05, 3.63) is 90.4 Å². The van der Waals surface area contributed by atoms with E-state index < -0.39 is 0 Å². The van der Waals surface area contributed by atoms with E-state index >= 15 is 0 Å². The van der Waals surface area contributed by atoms with E-state index in [1.165, 1.54) is 6.26 Å². The van der Waals surface area contributed by atoms with E-state index in [0.717, 1.165) is 22.9 Å². The number of benzene rings is 2. The monoisotopic (exact) mass is 457 g/mol. The van der Waals surface area contributed by atoms with E-state index in [-0.39, 0.29) is 30.7 Å². The van der Waals surface area contributed by atoms with Crippen molar-refractivity contribution in [1.82, 2.24) is 15.1 Å². The molecule has 5 aromatic rings. The number of furan rings is 2. The maximum absolute atomic E-state index is 13.1. The number of aromatic nitrogens is 2. The van der Waals surface area contributed by atoms with Crippen LogP contribution in [0.5, 0.6) is 5.75 Å². The Bertz CT molecular complexity index is 1390. The van der Waals surface area contributed by atoms with Gasteiger partial charge in [0.05, 0.1) is 12.8 Å². The van der Waals surface area contributed by atoms with Gasteiger partial charge in [-0.15, -0.1) is 10.2 Å². The Morgan fingerprint density at radius 1 is 0.971 bits per heavy atom. The third-order valence-electron chi connectivity index (χ3n) is 5.28. The highest BCUT2D eigenvalue weighted by Gasteiger charge is 2.22. The molecule has 0 saturated heterocycles. The molecule has 0 saturated carbocycles. The van der Waals surface area contributed by atoms with Crippen LogP contribution in [-0.4, -0.2) is 27.5 Å². The molecule has 0 N–H and O–H groups in total. The van der Waals surface area contributed by atoms with Crippen LogP contribution in [0, 0.1) is 0 Å². The van der Waals surface area contributed by atoms with Gasteiger partial charge in [0, 0.05) is 6.54 Å². The van der Waals surface area contributed by atoms with Gasteiger partial charge in [0.15, 0.2) is 11.5 Å². The number of carbonyl (C=O) groups is 1. The fraction of sp³-hybridized carbons (Fsp3) is 0.192. The minimum absolute atomic E-state index is 0.171. The first-order valence-corrected chi connectivity index (χ1v) is 11.1. The van der Waals surface area contributed by atoms with E-state index in [0.29, 0.717) is 24.0 Å². The molecule has 34 heavy (non-hydrogen) atoms. The molecule has 0 bridgehead atoms. The SMILES string of the molecule is CCCN(Cc1nnc(-c2ccco2)o1)C(=O)c1ccc(COc2ccc3ccccc3c2)o1. The van der Waals surface area contributed by atoms with Crippen molar-refractivity contribution >= 4 is 16.7 Å². The molecule has 8 heteroatoms. The molecule has 5 rings (SSSR count). The van der Waals surface area contributed by atoms with Gasteiger partial charge >= 0.3 is 0 Å². The van der Waals surface area contributed by atoms with Crippen molar-refractivity contribution in [1.29, 1.82) is 0 Å². The number of hydrogen-bond acceptors (Lipinski definition) is 7. The summed E-state index contributed by atoms with van der Waals surface area (Å²) in [6, 6.07) is 20.9. The molecule has 0 aliphatic carbocycles. The van der Waals surface area contributed by atoms with Gasteiger partial charge in [-0.3, -0.25) is 4.79 Å². The van der Waals surface area contributed by atoms with Crippen LogP contribution in [0.1, 0.15) is 35.6 Å². The second-order valence-electron chi connectivity index (χ2n) is 7.77. The molecule has 0 spiro atoms. The van der Waals surface area contributed by atoms with Crippen LogP contribution in [0.3, 0.4) is 0 Å². The highest BCUT2D eigenvalue weighted by molar-refractivity contribution is 5.91. The topological polar surface area (TPSA) is 94.7 Å². The average molecular weight is 457 g/mol. The number of carbonyl (C=O) groups excluding carboxylic acids is 1. The smallest absolute Gasteiger partial charge is 0.290 e. The van der Waals surface area contributed by atoms with Crippen LogP contribution >= 0.6 is 0 Å². The van der Waals surface area contributed by atoms with Crippen molar-refractivity contribution in [2.75, 3.05) is 6.54 Å². The van der Waals surface area contributed by atoms with Gasteiger partial charge in [-0.2, -0.15) is 0 Å². The van der Waals surface area contributed by atoms with Gasteiger partial charge in [-0.05, 0) is 53.6 Å². The molecule has 3 heterocycles. The summed E-state index contributed by atoms with van der Waals surface area (Å²) < 4.78 is 22.6. The average Bonchev–Trinajstić information content (AvgIpc) is 3.64. The van der Waals surface area contributed by atoms with Crippen LogP contribution in [0.4, 0.5) is 0 Å². The molecular weight excluding hydrogens is 434 g/mol. The molecule has 172 valence electrons. The minimum Gasteiger partial charge on any atom is -0.486 e. The zero-order valence-electron chi connectivity index (χ0n) is 18.6. The molecule has 0 radical (unpaired) electrons. The summed E-state index contributed by atoms with van der Waals surface area (Å²) in [6.45, 7) is 2.90. The second kappa shape index (κ2) is 9.66. The molecule has 0 aliphatic rings. The number of rotatable bonds is 9. The standard InChI is InChI=1S/C26H23N3O5/c1-2-13-29(16-24-27-28-25(34-24)22-8-5-14-31-22)26(30)23-12-11-21(33-23)17-32-20-10-9-18-6-3-4-7-19(18)15-20/h3-12,14-15H,2,13,16-17H2,1H3. The lowest BCUT2D eigenvalue weighted by atomic mass is 10.1. The zero-order chi connectivity index (χ0) is 23.3. The Morgan fingerprint density at radius 3 is 2.68 bits per heavy atom. The van der Waals surface area contributed by atoms with Gasteiger partial charge in [0.25, 0.3) is 11.8 Å². The number of nitrogens with zero attached hydrogens (tertiary/aromatic N) is 3. The third kappa shape index (κ3) is 4.71. The summed E-state index contributed by atoms with van der Waals surface area (Å²) in [5, 5.41) is 10.3. The maximum atomic E-state index is 13.1. The summed E-state index contributed by atoms with van der Waals surface area (Å²) in [5.41, 5.74) is 0. The molecular formula is C26H23N3O5. The van der Waals surface area contributed by atoms with Crippen molar-refractivity contribution in [2.24, 2.45) is 0 Å². The Morgan fingerprint density at radius 2 is 1.85 bits per heavy atom. The zero-order valence-corrected chi connectivity index (χ0v) is 18.6. The van der Waals surface area contributed by atoms with Crippen molar-refractivity contribution in [2.45, 2.75) is 26.5 Å². The molecule has 0 atom stereocenters. The molecule has 1 amide bonds. The summed E-state index contributed by atoms with van der Waals surface area (Å²) >= 11 is 0. The van der Waals surface area contributed by atoms with E-state index in [4.69, 9.17) is 18.0 Å². The van der Waals surface area contributed by atoms with Crippen LogP contribution < -0.4 is 4.74 Å². The number of amides is 1. The van der Waals surface area contributed by atoms with Crippen molar-refractivity contribution in [3.63, 3.8) is 0 Å². The molecule has 8 nitrogen and oxygen atoms in total. The van der Waals surface area contributed by atoms with E-state index in [1.807, 2.05) is 43.3 Å². The lowest BCUT2D eigenvalue weighted by Crippen LogP contribution is -2.31. The normalized spacial score (nSPS) is 11.1. The van der Waals surface area contributed by atoms with Gasteiger partial charge in [-0.25, -0.2) is 0 Å². The van der Waals surface area contributed by atoms with Crippen molar-refractivity contribution in [3.8, 4) is 17.4 Å². The van der Waals surface area contributed by atoms with Gasteiger partial charge in [-0.1, -0.05) is 37.3 Å². The lowest BCUT2D eigenvalue weighted by molar-refractivity contribution is 0.0692. The first-order valence-electron chi connectivity index (χ1n) is 11.1. The molecule has 0 unspecified atom stereocenters. The third-order valence-corrected chi connectivity index (χ3v) is 5.28. The first-order chi connectivity index (χ1) is 16.7. The lowest BCUT2D eigenvalue weighted by Gasteiger charge is -2.18. The van der Waals surface area contributed by atoms with Crippen LogP contribution in [-0.2, 0) is 13.2 Å². The summed E-state index contributed by atoms with van der Waals surface area (Å²) in [7, 11) is 0. The Labute approximate surface area is 195 Å². The maximum Gasteiger partial charge on any atom is 0.290 e. The summed E-state index contributed by atoms with van der Waals surface area (Å²) in [6.07, 6.45) is 2.30. The molecule has 2 aromatic carbocycles. The van der Waals surface area contributed by atoms with Crippen LogP contribution in [0.25, 0.3) is 22.4 Å². The molecule has 3 aromatic heterocycles. The molecule has 0 aliphatic heterocycles. The van der Waals surface area contributed by atoms with Gasteiger partial charge in [0.1, 0.15) is 18.1 Å². The number of ether oxygens (including phenoxy) is 1. The quantitative estimate of drug-likeness (QED) is 0.280. The largest absolute Gasteiger partial charge is 0.486 e. The number of hydrogen-bond donors (Lipinski definition) is 0. The van der Waals surface area contributed by atoms with Gasteiger partial charge < -0.3 is 22.9 Å². The highest BCUT2D eigenvalue weighted by Crippen LogP contribution is 2.23. The Hall–Kier alpha value is -4.33. The fourth-order valence-corrected chi connectivity index (χ4v) is 3.64. The second-order valence-corrected chi connectivity index (χ2v) is 7.77. The number of fused-ring (bicyclic) bond motifs is 1. The van der Waals surface area contributed by atoms with E-state index in [9.17, 15) is 4.79 Å². The van der Waals surface area contributed by atoms with Gasteiger partial charge in [0.2, 0.25) is 5.89 Å². The molecule has 0 fully saturated rings. The van der Waals surface area contributed by atoms with E-state index in [1.54, 1.807) is 29.2 Å².